The van der Waals surface area contributed by atoms with Crippen LogP contribution >= 0.6 is 12.4 Å². The molecule has 248 valence electrons. The number of aromatic nitrogens is 2. The summed E-state index contributed by atoms with van der Waals surface area (Å²) in [5.41, 5.74) is 1.07. The van der Waals surface area contributed by atoms with E-state index >= 15 is 0 Å². The van der Waals surface area contributed by atoms with Crippen LogP contribution in [0.5, 0.6) is 5.88 Å². The monoisotopic (exact) mass is 679 g/mol. The van der Waals surface area contributed by atoms with Crippen LogP contribution in [0.4, 0.5) is 19.1 Å². The maximum Gasteiger partial charge on any atom is 0.394 e. The molecule has 14 heteroatoms. The number of amides is 1. The average Bonchev–Trinajstić information content (AvgIpc) is 3.73. The Kier molecular flexibility index (Phi) is 9.08. The van der Waals surface area contributed by atoms with Crippen LogP contribution in [-0.4, -0.2) is 79.1 Å². The molecule has 2 heterocycles. The molecule has 46 heavy (non-hydrogen) atoms. The number of aryl methyl sites for hydroxylation is 2. The third-order valence-electron chi connectivity index (χ3n) is 9.40. The first-order valence-electron chi connectivity index (χ1n) is 14.9. The number of rotatable bonds is 5. The van der Waals surface area contributed by atoms with Crippen LogP contribution in [-0.2, 0) is 10.0 Å². The Balaban J connectivity index is 0.00000417. The lowest BCUT2D eigenvalue weighted by Crippen LogP contribution is -2.59. The number of alkyl halides is 3. The molecule has 0 spiro atoms. The van der Waals surface area contributed by atoms with E-state index in [-0.39, 0.29) is 72.6 Å². The van der Waals surface area contributed by atoms with Gasteiger partial charge in [-0.1, -0.05) is 24.3 Å². The smallest absolute Gasteiger partial charge is 0.394 e. The summed E-state index contributed by atoms with van der Waals surface area (Å²) in [6.45, 7) is 3.53. The Morgan fingerprint density at radius 1 is 1.04 bits per heavy atom. The molecule has 1 atom stereocenters. The SMILES string of the molecule is Cc1cccc(C)c1-c1cc2nc(n1)NS(=O)(=O)c1cccc(c1)C(=O)N(C1CC(N(C)C)C1)[C@H](CC1(C(F)(F)F)CC1)CO2.Cl. The molecule has 2 aromatic carbocycles. The molecule has 1 N–H and O–H groups in total. The highest BCUT2D eigenvalue weighted by Gasteiger charge is 2.64. The number of ether oxygens (including phenoxy) is 1. The van der Waals surface area contributed by atoms with Crippen molar-refractivity contribution in [1.82, 2.24) is 19.8 Å². The molecule has 3 aromatic rings. The second-order valence-corrected chi connectivity index (χ2v) is 14.4. The maximum atomic E-state index is 14.3. The van der Waals surface area contributed by atoms with Gasteiger partial charge in [-0.3, -0.25) is 4.79 Å². The summed E-state index contributed by atoms with van der Waals surface area (Å²) in [6.07, 6.45) is -3.67. The molecule has 2 aliphatic carbocycles. The van der Waals surface area contributed by atoms with Crippen molar-refractivity contribution in [2.45, 2.75) is 75.1 Å². The third kappa shape index (κ3) is 6.41. The van der Waals surface area contributed by atoms with Crippen LogP contribution in [0.1, 0.15) is 53.6 Å². The number of hydrogen-bond acceptors (Lipinski definition) is 7. The average molecular weight is 680 g/mol. The summed E-state index contributed by atoms with van der Waals surface area (Å²) in [6, 6.07) is 11.6. The fourth-order valence-electron chi connectivity index (χ4n) is 6.48. The molecule has 2 saturated carbocycles. The van der Waals surface area contributed by atoms with E-state index in [1.54, 1.807) is 6.07 Å². The van der Waals surface area contributed by atoms with Crippen molar-refractivity contribution in [2.24, 2.45) is 5.41 Å². The highest BCUT2D eigenvalue weighted by Crippen LogP contribution is 2.61. The van der Waals surface area contributed by atoms with Gasteiger partial charge in [0.05, 0.1) is 22.0 Å². The van der Waals surface area contributed by atoms with E-state index in [2.05, 4.69) is 14.7 Å². The lowest BCUT2D eigenvalue weighted by atomic mass is 9.82. The summed E-state index contributed by atoms with van der Waals surface area (Å²) in [5, 5.41) is 0. The molecule has 1 amide bonds. The number of halogens is 4. The van der Waals surface area contributed by atoms with Gasteiger partial charge in [0.2, 0.25) is 11.8 Å². The van der Waals surface area contributed by atoms with E-state index < -0.39 is 33.6 Å². The van der Waals surface area contributed by atoms with Crippen LogP contribution in [0.15, 0.2) is 53.4 Å². The van der Waals surface area contributed by atoms with Crippen molar-refractivity contribution < 1.29 is 31.1 Å². The number of fused-ring (bicyclic) bond motifs is 4. The molecule has 2 fully saturated rings. The first-order valence-corrected chi connectivity index (χ1v) is 16.4. The molecule has 0 saturated heterocycles. The molecular formula is C32H37ClF3N5O4S. The normalized spacial score (nSPS) is 23.4. The number of carbonyl (C=O) groups excluding carboxylic acids is 1. The van der Waals surface area contributed by atoms with Gasteiger partial charge in [-0.2, -0.15) is 18.2 Å². The van der Waals surface area contributed by atoms with Crippen molar-refractivity contribution >= 4 is 34.3 Å². The number of benzene rings is 2. The third-order valence-corrected chi connectivity index (χ3v) is 10.7. The van der Waals surface area contributed by atoms with E-state index in [9.17, 15) is 26.4 Å². The molecule has 1 aliphatic heterocycles. The number of nitrogens with one attached hydrogen (secondary N) is 1. The van der Waals surface area contributed by atoms with Crippen molar-refractivity contribution in [1.29, 1.82) is 0 Å². The van der Waals surface area contributed by atoms with E-state index in [4.69, 9.17) is 4.74 Å². The lowest BCUT2D eigenvalue weighted by Gasteiger charge is -2.49. The maximum absolute atomic E-state index is 14.3. The number of sulfonamides is 1. The Hall–Kier alpha value is -3.42. The van der Waals surface area contributed by atoms with Crippen LogP contribution in [0.25, 0.3) is 11.3 Å². The quantitative estimate of drug-likeness (QED) is 0.352. The zero-order valence-corrected chi connectivity index (χ0v) is 27.6. The van der Waals surface area contributed by atoms with Gasteiger partial charge in [0.1, 0.15) is 6.61 Å². The van der Waals surface area contributed by atoms with Gasteiger partial charge in [-0.25, -0.2) is 18.1 Å². The standard InChI is InChI=1S/C32H36F3N5O4S.ClH/c1-19-7-5-8-20(2)28(19)26-16-27-37-30(36-26)38-45(42,43)25-10-6-9-21(13-25)29(41)40(23-14-22(15-23)39(3)4)24(18-44-27)17-31(11-12-31)32(33,34)35;/h5-10,13,16,22-24H,11-12,14-15,17-18H2,1-4H3,(H,36,37,38);1H/t22?,23?,24-;/m1./s1. The van der Waals surface area contributed by atoms with Crippen LogP contribution in [0.3, 0.4) is 0 Å². The highest BCUT2D eigenvalue weighted by atomic mass is 35.5. The predicted molar refractivity (Wildman–Crippen MR) is 170 cm³/mol. The fraction of sp³-hybridized carbons (Fsp3) is 0.469. The molecule has 3 aliphatic rings. The molecule has 0 unspecified atom stereocenters. The van der Waals surface area contributed by atoms with Crippen molar-refractivity contribution in [2.75, 3.05) is 25.4 Å². The zero-order valence-electron chi connectivity index (χ0n) is 26.0. The van der Waals surface area contributed by atoms with Gasteiger partial charge in [0.15, 0.2) is 0 Å². The number of nitrogens with zero attached hydrogens (tertiary/aromatic N) is 4. The summed E-state index contributed by atoms with van der Waals surface area (Å²) in [5.74, 6) is -0.800. The fourth-order valence-corrected chi connectivity index (χ4v) is 7.47. The lowest BCUT2D eigenvalue weighted by molar-refractivity contribution is -0.193. The summed E-state index contributed by atoms with van der Waals surface area (Å²) < 4.78 is 78.7. The molecule has 9 nitrogen and oxygen atoms in total. The van der Waals surface area contributed by atoms with Gasteiger partial charge in [-0.15, -0.1) is 12.4 Å². The summed E-state index contributed by atoms with van der Waals surface area (Å²) in [7, 11) is -0.410. The number of carbonyl (C=O) groups is 1. The minimum Gasteiger partial charge on any atom is -0.475 e. The van der Waals surface area contributed by atoms with E-state index in [0.717, 1.165) is 16.7 Å². The minimum atomic E-state index is -4.44. The summed E-state index contributed by atoms with van der Waals surface area (Å²) in [4.78, 5) is 26.4. The van der Waals surface area contributed by atoms with E-state index in [1.165, 1.54) is 29.2 Å². The van der Waals surface area contributed by atoms with E-state index in [0.29, 0.717) is 18.5 Å². The van der Waals surface area contributed by atoms with Crippen molar-refractivity contribution in [3.8, 4) is 17.1 Å². The van der Waals surface area contributed by atoms with Crippen LogP contribution in [0, 0.1) is 19.3 Å². The Labute approximate surface area is 273 Å². The van der Waals surface area contributed by atoms with Crippen LogP contribution in [0.2, 0.25) is 0 Å². The van der Waals surface area contributed by atoms with Crippen molar-refractivity contribution in [3.05, 3.63) is 65.2 Å². The van der Waals surface area contributed by atoms with Gasteiger partial charge < -0.3 is 14.5 Å². The Morgan fingerprint density at radius 3 is 2.30 bits per heavy atom. The van der Waals surface area contributed by atoms with Crippen molar-refractivity contribution in [3.63, 3.8) is 0 Å². The summed E-state index contributed by atoms with van der Waals surface area (Å²) >= 11 is 0. The molecule has 6 rings (SSSR count). The predicted octanol–water partition coefficient (Wildman–Crippen LogP) is 6.01. The topological polar surface area (TPSA) is 105 Å². The molecule has 1 aromatic heterocycles. The molecule has 4 bridgehead atoms. The van der Waals surface area contributed by atoms with Crippen LogP contribution < -0.4 is 9.46 Å². The second kappa shape index (κ2) is 12.3. The molecule has 0 radical (unpaired) electrons. The van der Waals surface area contributed by atoms with Gasteiger partial charge >= 0.3 is 6.18 Å². The largest absolute Gasteiger partial charge is 0.475 e. The van der Waals surface area contributed by atoms with Gasteiger partial charge in [-0.05, 0) is 89.4 Å². The first-order chi connectivity index (χ1) is 21.2. The number of hydrogen-bond donors (Lipinski definition) is 1. The Morgan fingerprint density at radius 2 is 1.70 bits per heavy atom. The van der Waals surface area contributed by atoms with E-state index in [1.807, 2.05) is 51.0 Å². The molecular weight excluding hydrogens is 643 g/mol. The zero-order chi connectivity index (χ0) is 32.3. The van der Waals surface area contributed by atoms with Gasteiger partial charge in [0.25, 0.3) is 15.9 Å². The van der Waals surface area contributed by atoms with Gasteiger partial charge in [0, 0.05) is 29.3 Å². The minimum absolute atomic E-state index is 0. The highest BCUT2D eigenvalue weighted by molar-refractivity contribution is 7.92. The Bertz CT molecular complexity index is 1720. The number of anilines is 1. The second-order valence-electron chi connectivity index (χ2n) is 12.7. The first kappa shape index (κ1) is 33.9.